The third-order valence-corrected chi connectivity index (χ3v) is 3.81. The maximum atomic E-state index is 11.2. The summed E-state index contributed by atoms with van der Waals surface area (Å²) in [6.07, 6.45) is 3.45. The van der Waals surface area contributed by atoms with Gasteiger partial charge in [-0.15, -0.1) is 0 Å². The summed E-state index contributed by atoms with van der Waals surface area (Å²) in [6.45, 7) is 5.15. The molecule has 1 amide bonds. The van der Waals surface area contributed by atoms with Crippen molar-refractivity contribution in [3.63, 3.8) is 0 Å². The number of carbonyl (C=O) groups excluding carboxylic acids is 1. The molecule has 0 spiro atoms. The molecule has 1 aromatic carbocycles. The highest BCUT2D eigenvalue weighted by atomic mass is 16.1. The SMILES string of the molecule is CC(C)c1ccc2cnn(C[C@H]3CCC(=O)N3)c2c1. The molecule has 0 radical (unpaired) electrons. The minimum absolute atomic E-state index is 0.157. The largest absolute Gasteiger partial charge is 0.351 e. The zero-order chi connectivity index (χ0) is 13.4. The van der Waals surface area contributed by atoms with E-state index in [9.17, 15) is 4.79 Å². The molecule has 1 aliphatic heterocycles. The lowest BCUT2D eigenvalue weighted by atomic mass is 10.0. The van der Waals surface area contributed by atoms with Gasteiger partial charge < -0.3 is 5.32 Å². The first-order valence-corrected chi connectivity index (χ1v) is 6.88. The standard InChI is InChI=1S/C15H19N3O/c1-10(2)11-3-4-12-8-16-18(14(12)7-11)9-13-5-6-15(19)17-13/h3-4,7-8,10,13H,5-6,9H2,1-2H3,(H,17,19)/t13-/m1/s1. The van der Waals surface area contributed by atoms with Crippen molar-refractivity contribution in [1.82, 2.24) is 15.1 Å². The number of rotatable bonds is 3. The van der Waals surface area contributed by atoms with Crippen molar-refractivity contribution in [3.8, 4) is 0 Å². The molecule has 1 aromatic heterocycles. The van der Waals surface area contributed by atoms with Crippen molar-refractivity contribution in [2.24, 2.45) is 0 Å². The van der Waals surface area contributed by atoms with Gasteiger partial charge in [0.25, 0.3) is 0 Å². The van der Waals surface area contributed by atoms with Gasteiger partial charge in [-0.25, -0.2) is 0 Å². The van der Waals surface area contributed by atoms with E-state index in [1.807, 2.05) is 10.9 Å². The third-order valence-electron chi connectivity index (χ3n) is 3.81. The molecular formula is C15H19N3O. The van der Waals surface area contributed by atoms with E-state index in [0.29, 0.717) is 12.3 Å². The minimum atomic E-state index is 0.157. The fourth-order valence-corrected chi connectivity index (χ4v) is 2.62. The Bertz CT molecular complexity index is 615. The summed E-state index contributed by atoms with van der Waals surface area (Å²) in [5, 5.41) is 8.60. The fraction of sp³-hybridized carbons (Fsp3) is 0.467. The normalized spacial score (nSPS) is 19.3. The fourth-order valence-electron chi connectivity index (χ4n) is 2.62. The number of aromatic nitrogens is 2. The zero-order valence-corrected chi connectivity index (χ0v) is 11.4. The van der Waals surface area contributed by atoms with E-state index in [-0.39, 0.29) is 11.9 Å². The lowest BCUT2D eigenvalue weighted by molar-refractivity contribution is -0.119. The van der Waals surface area contributed by atoms with Crippen LogP contribution in [0, 0.1) is 0 Å². The summed E-state index contributed by atoms with van der Waals surface area (Å²) in [7, 11) is 0. The molecular weight excluding hydrogens is 238 g/mol. The Morgan fingerprint density at radius 2 is 2.32 bits per heavy atom. The van der Waals surface area contributed by atoms with E-state index >= 15 is 0 Å². The zero-order valence-electron chi connectivity index (χ0n) is 11.4. The summed E-state index contributed by atoms with van der Waals surface area (Å²) in [4.78, 5) is 11.2. The van der Waals surface area contributed by atoms with E-state index in [1.54, 1.807) is 0 Å². The van der Waals surface area contributed by atoms with E-state index in [0.717, 1.165) is 23.9 Å². The molecule has 1 fully saturated rings. The van der Waals surface area contributed by atoms with Gasteiger partial charge in [0, 0.05) is 17.8 Å². The number of benzene rings is 1. The molecule has 19 heavy (non-hydrogen) atoms. The summed E-state index contributed by atoms with van der Waals surface area (Å²) >= 11 is 0. The van der Waals surface area contributed by atoms with Gasteiger partial charge in [-0.05, 0) is 24.0 Å². The van der Waals surface area contributed by atoms with Gasteiger partial charge >= 0.3 is 0 Å². The van der Waals surface area contributed by atoms with Crippen LogP contribution in [-0.2, 0) is 11.3 Å². The Morgan fingerprint density at radius 3 is 3.00 bits per heavy atom. The van der Waals surface area contributed by atoms with Gasteiger partial charge in [0.15, 0.2) is 0 Å². The smallest absolute Gasteiger partial charge is 0.220 e. The monoisotopic (exact) mass is 257 g/mol. The number of nitrogens with zero attached hydrogens (tertiary/aromatic N) is 2. The van der Waals surface area contributed by atoms with Gasteiger partial charge in [-0.3, -0.25) is 9.48 Å². The first-order chi connectivity index (χ1) is 9.13. The minimum Gasteiger partial charge on any atom is -0.351 e. The van der Waals surface area contributed by atoms with Crippen LogP contribution in [0.4, 0.5) is 0 Å². The van der Waals surface area contributed by atoms with Crippen LogP contribution >= 0.6 is 0 Å². The maximum absolute atomic E-state index is 11.2. The van der Waals surface area contributed by atoms with Crippen molar-refractivity contribution in [1.29, 1.82) is 0 Å². The predicted molar refractivity (Wildman–Crippen MR) is 75.0 cm³/mol. The Morgan fingerprint density at radius 1 is 1.47 bits per heavy atom. The molecule has 0 saturated carbocycles. The highest BCUT2D eigenvalue weighted by molar-refractivity contribution is 5.80. The van der Waals surface area contributed by atoms with Crippen LogP contribution in [0.1, 0.15) is 38.2 Å². The molecule has 0 bridgehead atoms. The van der Waals surface area contributed by atoms with Crippen molar-refractivity contribution < 1.29 is 4.79 Å². The second kappa shape index (κ2) is 4.68. The number of hydrogen-bond acceptors (Lipinski definition) is 2. The van der Waals surface area contributed by atoms with Crippen LogP contribution in [0.3, 0.4) is 0 Å². The highest BCUT2D eigenvalue weighted by Crippen LogP contribution is 2.22. The van der Waals surface area contributed by atoms with Crippen molar-refractivity contribution >= 4 is 16.8 Å². The predicted octanol–water partition coefficient (Wildman–Crippen LogP) is 2.44. The summed E-state index contributed by atoms with van der Waals surface area (Å²) in [6, 6.07) is 6.72. The van der Waals surface area contributed by atoms with Crippen molar-refractivity contribution in [2.45, 2.75) is 45.2 Å². The topological polar surface area (TPSA) is 46.9 Å². The van der Waals surface area contributed by atoms with E-state index in [2.05, 4.69) is 42.5 Å². The van der Waals surface area contributed by atoms with Crippen LogP contribution in [-0.4, -0.2) is 21.7 Å². The van der Waals surface area contributed by atoms with E-state index in [4.69, 9.17) is 0 Å². The molecule has 3 rings (SSSR count). The van der Waals surface area contributed by atoms with Crippen LogP contribution < -0.4 is 5.32 Å². The summed E-state index contributed by atoms with van der Waals surface area (Å²) in [5.74, 6) is 0.670. The van der Waals surface area contributed by atoms with Crippen LogP contribution in [0.15, 0.2) is 24.4 Å². The molecule has 4 heteroatoms. The summed E-state index contributed by atoms with van der Waals surface area (Å²) in [5.41, 5.74) is 2.48. The molecule has 4 nitrogen and oxygen atoms in total. The van der Waals surface area contributed by atoms with Gasteiger partial charge in [0.2, 0.25) is 5.91 Å². The Labute approximate surface area is 112 Å². The highest BCUT2D eigenvalue weighted by Gasteiger charge is 2.21. The molecule has 1 saturated heterocycles. The molecule has 1 aliphatic rings. The third kappa shape index (κ3) is 2.35. The van der Waals surface area contributed by atoms with Gasteiger partial charge in [-0.1, -0.05) is 26.0 Å². The van der Waals surface area contributed by atoms with Crippen molar-refractivity contribution in [3.05, 3.63) is 30.0 Å². The second-order valence-electron chi connectivity index (χ2n) is 5.60. The Kier molecular flexibility index (Phi) is 3.01. The number of nitrogens with one attached hydrogen (secondary N) is 1. The first kappa shape index (κ1) is 12.2. The van der Waals surface area contributed by atoms with Crippen LogP contribution in [0.5, 0.6) is 0 Å². The Balaban J connectivity index is 1.90. The summed E-state index contributed by atoms with van der Waals surface area (Å²) < 4.78 is 2.01. The lowest BCUT2D eigenvalue weighted by Gasteiger charge is -2.12. The van der Waals surface area contributed by atoms with E-state index < -0.39 is 0 Å². The number of carbonyl (C=O) groups is 1. The average molecular weight is 257 g/mol. The molecule has 1 N–H and O–H groups in total. The molecule has 2 heterocycles. The van der Waals surface area contributed by atoms with Crippen LogP contribution in [0.2, 0.25) is 0 Å². The van der Waals surface area contributed by atoms with Crippen LogP contribution in [0.25, 0.3) is 10.9 Å². The van der Waals surface area contributed by atoms with Crippen molar-refractivity contribution in [2.75, 3.05) is 0 Å². The lowest BCUT2D eigenvalue weighted by Crippen LogP contribution is -2.29. The number of fused-ring (bicyclic) bond motifs is 1. The van der Waals surface area contributed by atoms with Gasteiger partial charge in [0.1, 0.15) is 0 Å². The average Bonchev–Trinajstić information content (AvgIpc) is 2.96. The maximum Gasteiger partial charge on any atom is 0.220 e. The molecule has 100 valence electrons. The van der Waals surface area contributed by atoms with Gasteiger partial charge in [-0.2, -0.15) is 5.10 Å². The molecule has 0 unspecified atom stereocenters. The Hall–Kier alpha value is -1.84. The molecule has 0 aliphatic carbocycles. The van der Waals surface area contributed by atoms with E-state index in [1.165, 1.54) is 5.56 Å². The first-order valence-electron chi connectivity index (χ1n) is 6.88. The quantitative estimate of drug-likeness (QED) is 0.918. The number of amides is 1. The molecule has 2 aromatic rings. The number of hydrogen-bond donors (Lipinski definition) is 1. The second-order valence-corrected chi connectivity index (χ2v) is 5.60. The van der Waals surface area contributed by atoms with Gasteiger partial charge in [0.05, 0.1) is 18.3 Å². The molecule has 1 atom stereocenters.